The summed E-state index contributed by atoms with van der Waals surface area (Å²) in [5.41, 5.74) is 0. The van der Waals surface area contributed by atoms with Crippen LogP contribution in [0.4, 0.5) is 0 Å². The van der Waals surface area contributed by atoms with Crippen molar-refractivity contribution in [3.63, 3.8) is 0 Å². The molecule has 36 heavy (non-hydrogen) atoms. The van der Waals surface area contributed by atoms with Crippen molar-refractivity contribution in [1.29, 1.82) is 0 Å². The van der Waals surface area contributed by atoms with E-state index < -0.39 is 0 Å². The molecule has 4 fully saturated rings. The normalized spacial score (nSPS) is 38.4. The zero-order chi connectivity index (χ0) is 25.0. The first-order chi connectivity index (χ1) is 17.7. The summed E-state index contributed by atoms with van der Waals surface area (Å²) < 4.78 is 6.46. The Morgan fingerprint density at radius 1 is 0.639 bits per heavy atom. The van der Waals surface area contributed by atoms with Gasteiger partial charge in [0.25, 0.3) is 0 Å². The van der Waals surface area contributed by atoms with E-state index in [1.54, 1.807) is 0 Å². The van der Waals surface area contributed by atoms with Gasteiger partial charge in [0.05, 0.1) is 19.3 Å². The first kappa shape index (κ1) is 28.5. The van der Waals surface area contributed by atoms with Crippen molar-refractivity contribution in [2.45, 2.75) is 122 Å². The highest BCUT2D eigenvalue weighted by molar-refractivity contribution is 4.96. The monoisotopic (exact) mass is 500 g/mol. The fourth-order valence-corrected chi connectivity index (χ4v) is 7.50. The van der Waals surface area contributed by atoms with Crippen LogP contribution >= 0.6 is 0 Å². The predicted octanol–water partition coefficient (Wildman–Crippen LogP) is 8.93. The zero-order valence-electron chi connectivity index (χ0n) is 23.4. The van der Waals surface area contributed by atoms with Gasteiger partial charge in [-0.25, -0.2) is 9.78 Å². The van der Waals surface area contributed by atoms with Crippen LogP contribution in [0.5, 0.6) is 0 Å². The van der Waals surface area contributed by atoms with Gasteiger partial charge in [0.15, 0.2) is 0 Å². The van der Waals surface area contributed by atoms with Gasteiger partial charge in [0.1, 0.15) is 0 Å². The average molecular weight is 501 g/mol. The van der Waals surface area contributed by atoms with Crippen LogP contribution in [0.2, 0.25) is 0 Å². The van der Waals surface area contributed by atoms with Crippen LogP contribution in [0.25, 0.3) is 0 Å². The molecule has 0 atom stereocenters. The number of ether oxygens (including phenoxy) is 1. The van der Waals surface area contributed by atoms with Crippen molar-refractivity contribution in [2.24, 2.45) is 41.4 Å². The molecule has 4 aliphatic carbocycles. The molecule has 0 amide bonds. The Bertz CT molecular complexity index is 586. The van der Waals surface area contributed by atoms with E-state index in [4.69, 9.17) is 14.5 Å². The Morgan fingerprint density at radius 3 is 1.75 bits per heavy atom. The summed E-state index contributed by atoms with van der Waals surface area (Å²) >= 11 is 0. The van der Waals surface area contributed by atoms with Gasteiger partial charge in [-0.3, -0.25) is 0 Å². The molecule has 0 spiro atoms. The minimum Gasteiger partial charge on any atom is -0.378 e. The summed E-state index contributed by atoms with van der Waals surface area (Å²) in [5, 5.41) is 0. The Kier molecular flexibility index (Phi) is 12.5. The third-order valence-electron chi connectivity index (χ3n) is 10.2. The smallest absolute Gasteiger partial charge is 0.0850 e. The molecule has 3 nitrogen and oxygen atoms in total. The molecular weight excluding hydrogens is 444 g/mol. The minimum atomic E-state index is 0.526. The van der Waals surface area contributed by atoms with Crippen LogP contribution in [0.3, 0.4) is 0 Å². The largest absolute Gasteiger partial charge is 0.378 e. The highest BCUT2D eigenvalue weighted by atomic mass is 17.2. The van der Waals surface area contributed by atoms with E-state index in [-0.39, 0.29) is 0 Å². The number of rotatable bonds is 12. The minimum absolute atomic E-state index is 0.526. The molecule has 206 valence electrons. The lowest BCUT2D eigenvalue weighted by Crippen LogP contribution is -2.30. The molecule has 0 aromatic rings. The van der Waals surface area contributed by atoms with Crippen molar-refractivity contribution in [2.75, 3.05) is 19.8 Å². The molecule has 0 saturated heterocycles. The molecule has 4 rings (SSSR count). The van der Waals surface area contributed by atoms with Gasteiger partial charge >= 0.3 is 0 Å². The molecule has 0 aromatic heterocycles. The fourth-order valence-electron chi connectivity index (χ4n) is 7.50. The van der Waals surface area contributed by atoms with Crippen LogP contribution < -0.4 is 0 Å². The standard InChI is InChI=1S/C33H56O3/c1-3-4-23-35-36-25-30-13-11-29(12-14-30)24-34-33-21-19-32(20-22-33)31-17-15-28(16-18-31)10-9-27-7-5-26(2)6-8-27/h3,9-10,26-33H,1,4-8,11-25H2,2H3. The molecule has 0 aromatic carbocycles. The Morgan fingerprint density at radius 2 is 1.17 bits per heavy atom. The quantitative estimate of drug-likeness (QED) is 0.0880. The van der Waals surface area contributed by atoms with Crippen LogP contribution in [0.15, 0.2) is 12.2 Å². The first-order valence-corrected chi connectivity index (χ1v) is 15.8. The highest BCUT2D eigenvalue weighted by Crippen LogP contribution is 2.41. The molecule has 4 saturated carbocycles. The zero-order valence-corrected chi connectivity index (χ0v) is 23.4. The SMILES string of the molecule is [CH2+][CH-]CCOOCC1CCC(COC2CCC(C3CCC(C=CC4CCC(C)CC4)CC3)CC2)CC1. The van der Waals surface area contributed by atoms with E-state index >= 15 is 0 Å². The average Bonchev–Trinajstić information content (AvgIpc) is 2.93. The lowest BCUT2D eigenvalue weighted by molar-refractivity contribution is -0.301. The number of allylic oxidation sites excluding steroid dienone is 2. The van der Waals surface area contributed by atoms with Crippen molar-refractivity contribution in [3.8, 4) is 0 Å². The lowest BCUT2D eigenvalue weighted by Gasteiger charge is -2.38. The molecule has 0 N–H and O–H groups in total. The van der Waals surface area contributed by atoms with Crippen LogP contribution in [-0.4, -0.2) is 25.9 Å². The van der Waals surface area contributed by atoms with Crippen molar-refractivity contribution < 1.29 is 14.5 Å². The van der Waals surface area contributed by atoms with Gasteiger partial charge in [-0.2, -0.15) is 0 Å². The van der Waals surface area contributed by atoms with Crippen LogP contribution in [-0.2, 0) is 14.5 Å². The van der Waals surface area contributed by atoms with Gasteiger partial charge in [0, 0.05) is 6.61 Å². The van der Waals surface area contributed by atoms with E-state index in [9.17, 15) is 0 Å². The molecule has 0 heterocycles. The molecule has 0 bridgehead atoms. The molecule has 4 aliphatic rings. The summed E-state index contributed by atoms with van der Waals surface area (Å²) in [6.45, 7) is 8.47. The van der Waals surface area contributed by atoms with E-state index in [1.807, 2.05) is 6.42 Å². The summed E-state index contributed by atoms with van der Waals surface area (Å²) in [5.74, 6) is 6.08. The third-order valence-corrected chi connectivity index (χ3v) is 10.2. The summed E-state index contributed by atoms with van der Waals surface area (Å²) in [6.07, 6.45) is 30.5. The van der Waals surface area contributed by atoms with Crippen LogP contribution in [0.1, 0.15) is 116 Å². The van der Waals surface area contributed by atoms with Crippen molar-refractivity contribution in [1.82, 2.24) is 0 Å². The fraction of sp³-hybridized carbons (Fsp3) is 0.879. The van der Waals surface area contributed by atoms with Gasteiger partial charge in [0.2, 0.25) is 0 Å². The van der Waals surface area contributed by atoms with E-state index in [0.29, 0.717) is 18.6 Å². The molecule has 3 heteroatoms. The first-order valence-electron chi connectivity index (χ1n) is 15.8. The molecular formula is C33H56O3. The van der Waals surface area contributed by atoms with E-state index in [0.717, 1.165) is 55.1 Å². The maximum Gasteiger partial charge on any atom is 0.0850 e. The highest BCUT2D eigenvalue weighted by Gasteiger charge is 2.31. The Balaban J connectivity index is 1.03. The van der Waals surface area contributed by atoms with Gasteiger partial charge < -0.3 is 4.74 Å². The molecule has 0 radical (unpaired) electrons. The summed E-state index contributed by atoms with van der Waals surface area (Å²) in [7, 11) is 0. The number of hydrogen-bond donors (Lipinski definition) is 0. The summed E-state index contributed by atoms with van der Waals surface area (Å²) in [4.78, 5) is 10.6. The maximum absolute atomic E-state index is 6.46. The molecule has 0 unspecified atom stereocenters. The van der Waals surface area contributed by atoms with Crippen LogP contribution in [0, 0.1) is 54.8 Å². The third kappa shape index (κ3) is 9.66. The second kappa shape index (κ2) is 15.8. The topological polar surface area (TPSA) is 27.7 Å². The second-order valence-corrected chi connectivity index (χ2v) is 13.0. The second-order valence-electron chi connectivity index (χ2n) is 13.0. The van der Waals surface area contributed by atoms with Crippen molar-refractivity contribution >= 4 is 0 Å². The Labute approximate surface area is 223 Å². The molecule has 0 aliphatic heterocycles. The van der Waals surface area contributed by atoms with Gasteiger partial charge in [-0.1, -0.05) is 38.8 Å². The number of hydrogen-bond acceptors (Lipinski definition) is 3. The van der Waals surface area contributed by atoms with E-state index in [1.165, 1.54) is 103 Å². The summed E-state index contributed by atoms with van der Waals surface area (Å²) in [6, 6.07) is 0. The lowest BCUT2D eigenvalue weighted by atomic mass is 9.70. The van der Waals surface area contributed by atoms with Crippen molar-refractivity contribution in [3.05, 3.63) is 25.5 Å². The van der Waals surface area contributed by atoms with Gasteiger partial charge in [-0.05, 0) is 131 Å². The number of unbranched alkanes of at least 4 members (excludes halogenated alkanes) is 1. The van der Waals surface area contributed by atoms with E-state index in [2.05, 4.69) is 26.0 Å². The predicted molar refractivity (Wildman–Crippen MR) is 149 cm³/mol. The van der Waals surface area contributed by atoms with Gasteiger partial charge in [-0.15, -0.1) is 12.8 Å². The maximum atomic E-state index is 6.46. The Hall–Kier alpha value is -0.510.